The zero-order valence-corrected chi connectivity index (χ0v) is 20.1. The Kier molecular flexibility index (Phi) is 8.88. The molecule has 1 N–H and O–H groups in total. The first kappa shape index (κ1) is 23.1. The van der Waals surface area contributed by atoms with Gasteiger partial charge in [0.05, 0.1) is 7.11 Å². The second-order valence-corrected chi connectivity index (χ2v) is 7.14. The van der Waals surface area contributed by atoms with Crippen molar-refractivity contribution >= 4 is 41.3 Å². The monoisotopic (exact) mass is 509 g/mol. The van der Waals surface area contributed by atoms with Crippen LogP contribution in [0.4, 0.5) is 11.4 Å². The minimum absolute atomic E-state index is 0. The van der Waals surface area contributed by atoms with Gasteiger partial charge in [0.25, 0.3) is 0 Å². The van der Waals surface area contributed by atoms with E-state index in [1.165, 1.54) is 16.9 Å². The van der Waals surface area contributed by atoms with Crippen LogP contribution in [0.2, 0.25) is 0 Å². The maximum Gasteiger partial charge on any atom is 0.194 e. The summed E-state index contributed by atoms with van der Waals surface area (Å²) in [4.78, 5) is 11.3. The number of methoxy groups -OCH3 is 1. The number of rotatable bonds is 5. The van der Waals surface area contributed by atoms with Crippen molar-refractivity contribution in [3.8, 4) is 5.75 Å². The van der Waals surface area contributed by atoms with Crippen molar-refractivity contribution in [2.24, 2.45) is 4.99 Å². The molecule has 1 heterocycles. The minimum Gasteiger partial charge on any atom is -0.497 e. The Bertz CT molecular complexity index is 803. The van der Waals surface area contributed by atoms with Gasteiger partial charge < -0.3 is 24.8 Å². The fourth-order valence-corrected chi connectivity index (χ4v) is 3.44. The van der Waals surface area contributed by atoms with E-state index < -0.39 is 0 Å². The molecule has 0 saturated carbocycles. The van der Waals surface area contributed by atoms with Crippen LogP contribution in [0.25, 0.3) is 0 Å². The average Bonchev–Trinajstić information content (AvgIpc) is 2.75. The van der Waals surface area contributed by atoms with E-state index in [1.54, 1.807) is 7.11 Å². The molecule has 0 bridgehead atoms. The van der Waals surface area contributed by atoms with Gasteiger partial charge in [0.15, 0.2) is 5.96 Å². The second kappa shape index (κ2) is 11.1. The van der Waals surface area contributed by atoms with E-state index in [1.807, 2.05) is 19.2 Å². The summed E-state index contributed by atoms with van der Waals surface area (Å²) in [5.41, 5.74) is 3.67. The van der Waals surface area contributed by atoms with Gasteiger partial charge >= 0.3 is 0 Å². The quantitative estimate of drug-likeness (QED) is 0.381. The number of anilines is 2. The van der Waals surface area contributed by atoms with Gasteiger partial charge in [-0.25, -0.2) is 0 Å². The zero-order chi connectivity index (χ0) is 19.9. The molecule has 1 aliphatic heterocycles. The molecule has 0 radical (unpaired) electrons. The van der Waals surface area contributed by atoms with Gasteiger partial charge in [-0.15, -0.1) is 24.0 Å². The van der Waals surface area contributed by atoms with E-state index in [0.29, 0.717) is 0 Å². The number of halogens is 1. The second-order valence-electron chi connectivity index (χ2n) is 7.14. The highest BCUT2D eigenvalue weighted by molar-refractivity contribution is 14.0. The van der Waals surface area contributed by atoms with Crippen LogP contribution >= 0.6 is 24.0 Å². The Labute approximate surface area is 191 Å². The normalized spacial score (nSPS) is 14.3. The molecule has 7 heteroatoms. The Balaban J connectivity index is 0.00000300. The van der Waals surface area contributed by atoms with Gasteiger partial charge in [0.2, 0.25) is 0 Å². The number of nitrogens with zero attached hydrogens (tertiary/aromatic N) is 4. The summed E-state index contributed by atoms with van der Waals surface area (Å²) in [6.45, 7) is 4.57. The number of ether oxygens (including phenoxy) is 1. The summed E-state index contributed by atoms with van der Waals surface area (Å²) in [6, 6.07) is 16.8. The molecule has 3 rings (SSSR count). The minimum atomic E-state index is 0. The molecule has 6 nitrogen and oxygen atoms in total. The fraction of sp³-hybridized carbons (Fsp3) is 0.409. The Morgan fingerprint density at radius 3 is 2.45 bits per heavy atom. The van der Waals surface area contributed by atoms with E-state index in [4.69, 9.17) is 4.74 Å². The standard InChI is InChI=1S/C22H31N5O.HI/c1-23-22(24-17-18-7-5-8-19(15-18)25(2)3)27-13-11-26(12-14-27)20-9-6-10-21(16-20)28-4;/h5-10,15-16H,11-14,17H2,1-4H3,(H,23,24);1H. The molecule has 29 heavy (non-hydrogen) atoms. The molecule has 1 saturated heterocycles. The molecular formula is C22H32IN5O. The highest BCUT2D eigenvalue weighted by Crippen LogP contribution is 2.22. The third kappa shape index (κ3) is 6.16. The van der Waals surface area contributed by atoms with Gasteiger partial charge in [-0.1, -0.05) is 18.2 Å². The number of benzene rings is 2. The topological polar surface area (TPSA) is 43.3 Å². The number of hydrogen-bond acceptors (Lipinski definition) is 4. The average molecular weight is 509 g/mol. The lowest BCUT2D eigenvalue weighted by atomic mass is 10.2. The van der Waals surface area contributed by atoms with Crippen molar-refractivity contribution in [1.29, 1.82) is 0 Å². The molecule has 158 valence electrons. The van der Waals surface area contributed by atoms with Crippen LogP contribution in [0.15, 0.2) is 53.5 Å². The zero-order valence-electron chi connectivity index (χ0n) is 17.8. The molecule has 1 fully saturated rings. The van der Waals surface area contributed by atoms with Gasteiger partial charge in [-0.3, -0.25) is 4.99 Å². The van der Waals surface area contributed by atoms with Crippen molar-refractivity contribution in [2.45, 2.75) is 6.54 Å². The third-order valence-electron chi connectivity index (χ3n) is 5.09. The summed E-state index contributed by atoms with van der Waals surface area (Å²) in [6.07, 6.45) is 0. The lowest BCUT2D eigenvalue weighted by Gasteiger charge is -2.37. The summed E-state index contributed by atoms with van der Waals surface area (Å²) >= 11 is 0. The van der Waals surface area contributed by atoms with Crippen LogP contribution in [-0.4, -0.2) is 65.3 Å². The molecule has 0 aromatic heterocycles. The van der Waals surface area contributed by atoms with Crippen LogP contribution in [0.3, 0.4) is 0 Å². The Morgan fingerprint density at radius 1 is 1.07 bits per heavy atom. The largest absolute Gasteiger partial charge is 0.497 e. The van der Waals surface area contributed by atoms with E-state index >= 15 is 0 Å². The van der Waals surface area contributed by atoms with Crippen molar-refractivity contribution in [3.05, 3.63) is 54.1 Å². The molecule has 2 aromatic rings. The molecular weight excluding hydrogens is 477 g/mol. The number of piperazine rings is 1. The highest BCUT2D eigenvalue weighted by atomic mass is 127. The Morgan fingerprint density at radius 2 is 1.79 bits per heavy atom. The molecule has 1 aliphatic rings. The number of hydrogen-bond donors (Lipinski definition) is 1. The van der Waals surface area contributed by atoms with E-state index in [0.717, 1.165) is 44.4 Å². The first-order valence-electron chi connectivity index (χ1n) is 9.71. The fourth-order valence-electron chi connectivity index (χ4n) is 3.44. The number of guanidine groups is 1. The predicted octanol–water partition coefficient (Wildman–Crippen LogP) is 3.28. The summed E-state index contributed by atoms with van der Waals surface area (Å²) < 4.78 is 5.35. The van der Waals surface area contributed by atoms with E-state index in [-0.39, 0.29) is 24.0 Å². The van der Waals surface area contributed by atoms with Crippen LogP contribution < -0.4 is 19.9 Å². The van der Waals surface area contributed by atoms with Crippen molar-refractivity contribution in [2.75, 3.05) is 64.2 Å². The SMILES string of the molecule is CN=C(NCc1cccc(N(C)C)c1)N1CCN(c2cccc(OC)c2)CC1.I. The van der Waals surface area contributed by atoms with E-state index in [9.17, 15) is 0 Å². The maximum absolute atomic E-state index is 5.35. The van der Waals surface area contributed by atoms with Crippen molar-refractivity contribution < 1.29 is 4.74 Å². The summed E-state index contributed by atoms with van der Waals surface area (Å²) in [7, 11) is 7.69. The van der Waals surface area contributed by atoms with Gasteiger partial charge in [-0.05, 0) is 29.8 Å². The van der Waals surface area contributed by atoms with Crippen molar-refractivity contribution in [1.82, 2.24) is 10.2 Å². The Hall–Kier alpha value is -2.16. The smallest absolute Gasteiger partial charge is 0.194 e. The molecule has 2 aromatic carbocycles. The van der Waals surface area contributed by atoms with Crippen LogP contribution in [0, 0.1) is 0 Å². The van der Waals surface area contributed by atoms with Crippen LogP contribution in [-0.2, 0) is 6.54 Å². The maximum atomic E-state index is 5.35. The number of aliphatic imine (C=N–C) groups is 1. The van der Waals surface area contributed by atoms with E-state index in [2.05, 4.69) is 75.5 Å². The first-order chi connectivity index (χ1) is 13.6. The van der Waals surface area contributed by atoms with Crippen LogP contribution in [0.1, 0.15) is 5.56 Å². The molecule has 0 unspecified atom stereocenters. The number of nitrogens with one attached hydrogen (secondary N) is 1. The summed E-state index contributed by atoms with van der Waals surface area (Å²) in [5, 5.41) is 3.51. The first-order valence-corrected chi connectivity index (χ1v) is 9.71. The molecule has 0 amide bonds. The molecule has 0 spiro atoms. The van der Waals surface area contributed by atoms with Gasteiger partial charge in [0, 0.05) is 71.3 Å². The predicted molar refractivity (Wildman–Crippen MR) is 133 cm³/mol. The lowest BCUT2D eigenvalue weighted by molar-refractivity contribution is 0.372. The van der Waals surface area contributed by atoms with Gasteiger partial charge in [0.1, 0.15) is 5.75 Å². The van der Waals surface area contributed by atoms with Gasteiger partial charge in [-0.2, -0.15) is 0 Å². The molecule has 0 atom stereocenters. The van der Waals surface area contributed by atoms with Crippen LogP contribution in [0.5, 0.6) is 5.75 Å². The molecule has 0 aliphatic carbocycles. The highest BCUT2D eigenvalue weighted by Gasteiger charge is 2.20. The third-order valence-corrected chi connectivity index (χ3v) is 5.09. The van der Waals surface area contributed by atoms with Crippen molar-refractivity contribution in [3.63, 3.8) is 0 Å². The summed E-state index contributed by atoms with van der Waals surface area (Å²) in [5.74, 6) is 1.86. The lowest BCUT2D eigenvalue weighted by Crippen LogP contribution is -2.52.